The molecule has 0 aromatic carbocycles. The molecular formula is C10H19N3O4. The molecule has 0 rings (SSSR count). The number of urea groups is 1. The molecule has 3 amide bonds. The Bertz CT molecular complexity index is 281. The van der Waals surface area contributed by atoms with E-state index in [4.69, 9.17) is 10.8 Å². The van der Waals surface area contributed by atoms with Gasteiger partial charge in [0.05, 0.1) is 5.92 Å². The molecule has 0 aromatic heterocycles. The van der Waals surface area contributed by atoms with Crippen molar-refractivity contribution in [1.82, 2.24) is 10.6 Å². The molecule has 0 bridgehead atoms. The lowest BCUT2D eigenvalue weighted by Crippen LogP contribution is -2.40. The number of hydrogen-bond acceptors (Lipinski definition) is 3. The van der Waals surface area contributed by atoms with Crippen LogP contribution in [-0.4, -0.2) is 36.1 Å². The maximum atomic E-state index is 11.2. The first-order chi connectivity index (χ1) is 7.97. The minimum Gasteiger partial charge on any atom is -0.481 e. The van der Waals surface area contributed by atoms with E-state index in [1.807, 2.05) is 0 Å². The van der Waals surface area contributed by atoms with Crippen molar-refractivity contribution in [1.29, 1.82) is 0 Å². The number of nitrogens with one attached hydrogen (secondary N) is 2. The topological polar surface area (TPSA) is 122 Å². The summed E-state index contributed by atoms with van der Waals surface area (Å²) in [4.78, 5) is 32.3. The van der Waals surface area contributed by atoms with E-state index >= 15 is 0 Å². The van der Waals surface area contributed by atoms with E-state index in [0.717, 1.165) is 0 Å². The Kier molecular flexibility index (Phi) is 7.49. The molecular weight excluding hydrogens is 226 g/mol. The summed E-state index contributed by atoms with van der Waals surface area (Å²) in [5, 5.41) is 13.7. The molecule has 7 heteroatoms. The maximum Gasteiger partial charge on any atom is 0.314 e. The molecule has 0 heterocycles. The Hall–Kier alpha value is -1.79. The number of primary amides is 1. The first kappa shape index (κ1) is 15.2. The van der Waals surface area contributed by atoms with Crippen LogP contribution in [0.15, 0.2) is 0 Å². The number of hydrogen-bond donors (Lipinski definition) is 4. The van der Waals surface area contributed by atoms with E-state index in [0.29, 0.717) is 19.4 Å². The van der Waals surface area contributed by atoms with Crippen LogP contribution in [0.2, 0.25) is 0 Å². The summed E-state index contributed by atoms with van der Waals surface area (Å²) >= 11 is 0. The SMILES string of the molecule is CCC(CNC(=O)NCCCC(N)=O)C(=O)O. The fraction of sp³-hybridized carbons (Fsp3) is 0.700. The van der Waals surface area contributed by atoms with Gasteiger partial charge in [0.2, 0.25) is 5.91 Å². The molecule has 0 spiro atoms. The predicted molar refractivity (Wildman–Crippen MR) is 61.2 cm³/mol. The Morgan fingerprint density at radius 3 is 2.41 bits per heavy atom. The Balaban J connectivity index is 3.65. The molecule has 17 heavy (non-hydrogen) atoms. The first-order valence-corrected chi connectivity index (χ1v) is 5.50. The third-order valence-electron chi connectivity index (χ3n) is 2.24. The van der Waals surface area contributed by atoms with Crippen LogP contribution in [0.3, 0.4) is 0 Å². The number of carboxylic acid groups (broad SMARTS) is 1. The van der Waals surface area contributed by atoms with Crippen LogP contribution in [0.4, 0.5) is 4.79 Å². The summed E-state index contributed by atoms with van der Waals surface area (Å²) in [6, 6.07) is -0.436. The zero-order chi connectivity index (χ0) is 13.3. The van der Waals surface area contributed by atoms with Crippen LogP contribution in [0.25, 0.3) is 0 Å². The number of amides is 3. The normalized spacial score (nSPS) is 11.6. The quantitative estimate of drug-likeness (QED) is 0.437. The molecule has 0 saturated carbocycles. The van der Waals surface area contributed by atoms with E-state index in [2.05, 4.69) is 10.6 Å². The van der Waals surface area contributed by atoms with Gasteiger partial charge in [0.1, 0.15) is 0 Å². The Morgan fingerprint density at radius 2 is 1.94 bits per heavy atom. The Morgan fingerprint density at radius 1 is 1.29 bits per heavy atom. The van der Waals surface area contributed by atoms with E-state index in [-0.39, 0.29) is 13.0 Å². The molecule has 98 valence electrons. The fourth-order valence-corrected chi connectivity index (χ4v) is 1.15. The van der Waals surface area contributed by atoms with Crippen molar-refractivity contribution in [3.63, 3.8) is 0 Å². The molecule has 0 saturated heterocycles. The highest BCUT2D eigenvalue weighted by molar-refractivity contribution is 5.76. The number of nitrogens with two attached hydrogens (primary N) is 1. The van der Waals surface area contributed by atoms with Gasteiger partial charge in [-0.1, -0.05) is 6.92 Å². The van der Waals surface area contributed by atoms with Gasteiger partial charge < -0.3 is 21.5 Å². The van der Waals surface area contributed by atoms with Gasteiger partial charge >= 0.3 is 12.0 Å². The number of carbonyl (C=O) groups is 3. The van der Waals surface area contributed by atoms with Crippen molar-refractivity contribution in [2.24, 2.45) is 11.7 Å². The van der Waals surface area contributed by atoms with Crippen molar-refractivity contribution < 1.29 is 19.5 Å². The summed E-state index contributed by atoms with van der Waals surface area (Å²) in [6.45, 7) is 2.16. The van der Waals surface area contributed by atoms with Crippen LogP contribution < -0.4 is 16.4 Å². The molecule has 0 radical (unpaired) electrons. The minimum absolute atomic E-state index is 0.0908. The highest BCUT2D eigenvalue weighted by atomic mass is 16.4. The average molecular weight is 245 g/mol. The monoisotopic (exact) mass is 245 g/mol. The molecule has 0 fully saturated rings. The molecule has 1 atom stereocenters. The molecule has 0 aliphatic heterocycles. The van der Waals surface area contributed by atoms with Gasteiger partial charge in [-0.25, -0.2) is 4.79 Å². The van der Waals surface area contributed by atoms with Gasteiger partial charge in [-0.2, -0.15) is 0 Å². The zero-order valence-corrected chi connectivity index (χ0v) is 9.86. The van der Waals surface area contributed by atoms with Gasteiger partial charge in [-0.05, 0) is 12.8 Å². The smallest absolute Gasteiger partial charge is 0.314 e. The largest absolute Gasteiger partial charge is 0.481 e. The second-order valence-corrected chi connectivity index (χ2v) is 3.65. The second-order valence-electron chi connectivity index (χ2n) is 3.65. The second kappa shape index (κ2) is 8.37. The van der Waals surface area contributed by atoms with Gasteiger partial charge in [-0.3, -0.25) is 9.59 Å². The van der Waals surface area contributed by atoms with Crippen LogP contribution in [0, 0.1) is 5.92 Å². The van der Waals surface area contributed by atoms with Crippen molar-refractivity contribution in [3.8, 4) is 0 Å². The summed E-state index contributed by atoms with van der Waals surface area (Å²) < 4.78 is 0. The van der Waals surface area contributed by atoms with Gasteiger partial charge in [0, 0.05) is 19.5 Å². The number of carbonyl (C=O) groups excluding carboxylic acids is 2. The molecule has 5 N–H and O–H groups in total. The van der Waals surface area contributed by atoms with E-state index in [9.17, 15) is 14.4 Å². The summed E-state index contributed by atoms with van der Waals surface area (Å²) in [5.41, 5.74) is 4.93. The van der Waals surface area contributed by atoms with Crippen molar-refractivity contribution in [3.05, 3.63) is 0 Å². The van der Waals surface area contributed by atoms with Gasteiger partial charge in [0.25, 0.3) is 0 Å². The predicted octanol–water partition coefficient (Wildman–Crippen LogP) is -0.338. The number of rotatable bonds is 8. The summed E-state index contributed by atoms with van der Waals surface area (Å²) in [6.07, 6.45) is 1.14. The van der Waals surface area contributed by atoms with Crippen LogP contribution in [0.5, 0.6) is 0 Å². The molecule has 0 aromatic rings. The maximum absolute atomic E-state index is 11.2. The first-order valence-electron chi connectivity index (χ1n) is 5.50. The fourth-order valence-electron chi connectivity index (χ4n) is 1.15. The highest BCUT2D eigenvalue weighted by Crippen LogP contribution is 1.99. The van der Waals surface area contributed by atoms with Crippen LogP contribution in [0.1, 0.15) is 26.2 Å². The average Bonchev–Trinajstić information content (AvgIpc) is 2.24. The van der Waals surface area contributed by atoms with Gasteiger partial charge in [-0.15, -0.1) is 0 Å². The molecule has 1 unspecified atom stereocenters. The van der Waals surface area contributed by atoms with Crippen molar-refractivity contribution >= 4 is 17.9 Å². The highest BCUT2D eigenvalue weighted by Gasteiger charge is 2.15. The van der Waals surface area contributed by atoms with E-state index in [1.165, 1.54) is 0 Å². The lowest BCUT2D eigenvalue weighted by atomic mass is 10.1. The van der Waals surface area contributed by atoms with E-state index < -0.39 is 23.8 Å². The summed E-state index contributed by atoms with van der Waals surface area (Å²) in [7, 11) is 0. The lowest BCUT2D eigenvalue weighted by Gasteiger charge is -2.11. The molecule has 0 aliphatic carbocycles. The van der Waals surface area contributed by atoms with Crippen LogP contribution >= 0.6 is 0 Å². The number of aliphatic carboxylic acids is 1. The van der Waals surface area contributed by atoms with Crippen molar-refractivity contribution in [2.45, 2.75) is 26.2 Å². The standard InChI is InChI=1S/C10H19N3O4/c1-2-7(9(15)16)6-13-10(17)12-5-3-4-8(11)14/h7H,2-6H2,1H3,(H2,11,14)(H,15,16)(H2,12,13,17). The van der Waals surface area contributed by atoms with Crippen molar-refractivity contribution in [2.75, 3.05) is 13.1 Å². The third kappa shape index (κ3) is 8.06. The third-order valence-corrected chi connectivity index (χ3v) is 2.24. The number of carboxylic acids is 1. The van der Waals surface area contributed by atoms with Gasteiger partial charge in [0.15, 0.2) is 0 Å². The molecule has 0 aliphatic rings. The Labute approximate surface area is 99.7 Å². The van der Waals surface area contributed by atoms with Crippen LogP contribution in [-0.2, 0) is 9.59 Å². The minimum atomic E-state index is -0.929. The summed E-state index contributed by atoms with van der Waals surface area (Å²) in [5.74, 6) is -1.92. The molecule has 7 nitrogen and oxygen atoms in total. The zero-order valence-electron chi connectivity index (χ0n) is 9.86. The van der Waals surface area contributed by atoms with E-state index in [1.54, 1.807) is 6.92 Å². The lowest BCUT2D eigenvalue weighted by molar-refractivity contribution is -0.141.